The summed E-state index contributed by atoms with van der Waals surface area (Å²) in [7, 11) is 0. The van der Waals surface area contributed by atoms with Crippen molar-refractivity contribution in [3.05, 3.63) is 48.0 Å². The zero-order valence-corrected chi connectivity index (χ0v) is 7.07. The van der Waals surface area contributed by atoms with Gasteiger partial charge < -0.3 is 4.57 Å². The SMILES string of the molecule is Clc1cnccc1-n1cccc1. The Hall–Kier alpha value is -1.28. The van der Waals surface area contributed by atoms with Crippen molar-refractivity contribution in [3.8, 4) is 5.69 Å². The number of aromatic nitrogens is 2. The molecule has 2 nitrogen and oxygen atoms in total. The highest BCUT2D eigenvalue weighted by Gasteiger charge is 1.98. The van der Waals surface area contributed by atoms with E-state index < -0.39 is 0 Å². The normalized spacial score (nSPS) is 10.1. The summed E-state index contributed by atoms with van der Waals surface area (Å²) in [6.45, 7) is 0. The lowest BCUT2D eigenvalue weighted by Gasteiger charge is -2.03. The predicted molar refractivity (Wildman–Crippen MR) is 48.6 cm³/mol. The van der Waals surface area contributed by atoms with E-state index in [9.17, 15) is 0 Å². The first-order valence-electron chi connectivity index (χ1n) is 3.61. The maximum Gasteiger partial charge on any atom is 0.0829 e. The van der Waals surface area contributed by atoms with Crippen LogP contribution in [0.3, 0.4) is 0 Å². The molecule has 0 N–H and O–H groups in total. The van der Waals surface area contributed by atoms with Gasteiger partial charge in [0, 0.05) is 24.8 Å². The van der Waals surface area contributed by atoms with Crippen LogP contribution in [0.5, 0.6) is 0 Å². The molecular weight excluding hydrogens is 172 g/mol. The van der Waals surface area contributed by atoms with Gasteiger partial charge in [0.15, 0.2) is 0 Å². The summed E-state index contributed by atoms with van der Waals surface area (Å²) in [5, 5.41) is 0.661. The third-order valence-corrected chi connectivity index (χ3v) is 1.92. The first-order chi connectivity index (χ1) is 5.88. The fourth-order valence-corrected chi connectivity index (χ4v) is 1.29. The Morgan fingerprint density at radius 3 is 2.67 bits per heavy atom. The zero-order chi connectivity index (χ0) is 8.39. The van der Waals surface area contributed by atoms with Gasteiger partial charge in [0.2, 0.25) is 0 Å². The van der Waals surface area contributed by atoms with Crippen LogP contribution < -0.4 is 0 Å². The molecule has 2 aromatic heterocycles. The zero-order valence-electron chi connectivity index (χ0n) is 6.31. The highest BCUT2D eigenvalue weighted by atomic mass is 35.5. The molecule has 0 aromatic carbocycles. The molecule has 0 aliphatic carbocycles. The maximum atomic E-state index is 5.93. The molecule has 0 aliphatic rings. The van der Waals surface area contributed by atoms with Crippen LogP contribution in [0.15, 0.2) is 43.0 Å². The minimum Gasteiger partial charge on any atom is -0.322 e. The van der Waals surface area contributed by atoms with Crippen LogP contribution in [0.1, 0.15) is 0 Å². The second kappa shape index (κ2) is 2.99. The van der Waals surface area contributed by atoms with Crippen molar-refractivity contribution in [1.29, 1.82) is 0 Å². The minimum absolute atomic E-state index is 0.661. The van der Waals surface area contributed by atoms with Gasteiger partial charge in [0.05, 0.1) is 10.7 Å². The summed E-state index contributed by atoms with van der Waals surface area (Å²) < 4.78 is 1.95. The average molecular weight is 179 g/mol. The van der Waals surface area contributed by atoms with E-state index in [0.717, 1.165) is 5.69 Å². The number of hydrogen-bond acceptors (Lipinski definition) is 1. The van der Waals surface area contributed by atoms with Crippen molar-refractivity contribution in [2.75, 3.05) is 0 Å². The third-order valence-electron chi connectivity index (χ3n) is 1.63. The molecule has 0 saturated heterocycles. The number of pyridine rings is 1. The van der Waals surface area contributed by atoms with Crippen LogP contribution in [0.25, 0.3) is 5.69 Å². The van der Waals surface area contributed by atoms with Crippen LogP contribution >= 0.6 is 11.6 Å². The molecule has 0 atom stereocenters. The number of nitrogens with zero attached hydrogens (tertiary/aromatic N) is 2. The van der Waals surface area contributed by atoms with Crippen LogP contribution in [-0.4, -0.2) is 9.55 Å². The first kappa shape index (κ1) is 7.37. The molecule has 2 heterocycles. The van der Waals surface area contributed by atoms with Crippen molar-refractivity contribution in [1.82, 2.24) is 9.55 Å². The molecule has 60 valence electrons. The molecule has 0 aliphatic heterocycles. The van der Waals surface area contributed by atoms with E-state index in [4.69, 9.17) is 11.6 Å². The highest BCUT2D eigenvalue weighted by molar-refractivity contribution is 6.32. The van der Waals surface area contributed by atoms with E-state index in [1.807, 2.05) is 35.2 Å². The summed E-state index contributed by atoms with van der Waals surface area (Å²) in [6, 6.07) is 5.79. The molecule has 0 spiro atoms. The van der Waals surface area contributed by atoms with E-state index >= 15 is 0 Å². The molecule has 2 rings (SSSR count). The Balaban J connectivity index is 2.55. The number of hydrogen-bond donors (Lipinski definition) is 0. The molecule has 12 heavy (non-hydrogen) atoms. The predicted octanol–water partition coefficient (Wildman–Crippen LogP) is 2.53. The van der Waals surface area contributed by atoms with Crippen LogP contribution in [0.4, 0.5) is 0 Å². The Bertz CT molecular complexity index is 368. The molecule has 0 amide bonds. The largest absolute Gasteiger partial charge is 0.322 e. The van der Waals surface area contributed by atoms with Crippen LogP contribution in [-0.2, 0) is 0 Å². The van der Waals surface area contributed by atoms with Gasteiger partial charge in [-0.2, -0.15) is 0 Å². The van der Waals surface area contributed by atoms with E-state index in [-0.39, 0.29) is 0 Å². The fourth-order valence-electron chi connectivity index (χ4n) is 1.07. The lowest BCUT2D eigenvalue weighted by atomic mass is 10.4. The molecule has 3 heteroatoms. The average Bonchev–Trinajstić information content (AvgIpc) is 2.57. The summed E-state index contributed by atoms with van der Waals surface area (Å²) in [5.74, 6) is 0. The lowest BCUT2D eigenvalue weighted by molar-refractivity contribution is 1.07. The van der Waals surface area contributed by atoms with Crippen molar-refractivity contribution < 1.29 is 0 Å². The first-order valence-corrected chi connectivity index (χ1v) is 3.98. The van der Waals surface area contributed by atoms with Gasteiger partial charge in [0.1, 0.15) is 0 Å². The molecule has 0 radical (unpaired) electrons. The Morgan fingerprint density at radius 1 is 1.25 bits per heavy atom. The Morgan fingerprint density at radius 2 is 2.00 bits per heavy atom. The lowest BCUT2D eigenvalue weighted by Crippen LogP contribution is -1.90. The van der Waals surface area contributed by atoms with Gasteiger partial charge in [-0.3, -0.25) is 4.98 Å². The molecule has 2 aromatic rings. The topological polar surface area (TPSA) is 17.8 Å². The second-order valence-electron chi connectivity index (χ2n) is 2.42. The molecule has 0 bridgehead atoms. The van der Waals surface area contributed by atoms with Crippen molar-refractivity contribution in [2.24, 2.45) is 0 Å². The van der Waals surface area contributed by atoms with E-state index in [1.54, 1.807) is 12.4 Å². The molecule has 0 saturated carbocycles. The number of rotatable bonds is 1. The Kier molecular flexibility index (Phi) is 1.84. The van der Waals surface area contributed by atoms with E-state index in [1.165, 1.54) is 0 Å². The smallest absolute Gasteiger partial charge is 0.0829 e. The quantitative estimate of drug-likeness (QED) is 0.656. The highest BCUT2D eigenvalue weighted by Crippen LogP contribution is 2.17. The minimum atomic E-state index is 0.661. The van der Waals surface area contributed by atoms with Gasteiger partial charge >= 0.3 is 0 Å². The van der Waals surface area contributed by atoms with E-state index in [0.29, 0.717) is 5.02 Å². The third kappa shape index (κ3) is 1.21. The van der Waals surface area contributed by atoms with Crippen molar-refractivity contribution >= 4 is 11.6 Å². The summed E-state index contributed by atoms with van der Waals surface area (Å²) in [4.78, 5) is 3.91. The number of halogens is 1. The van der Waals surface area contributed by atoms with Crippen molar-refractivity contribution in [3.63, 3.8) is 0 Å². The van der Waals surface area contributed by atoms with Gasteiger partial charge in [-0.25, -0.2) is 0 Å². The maximum absolute atomic E-state index is 5.93. The fraction of sp³-hybridized carbons (Fsp3) is 0. The molecular formula is C9H7ClN2. The van der Waals surface area contributed by atoms with Crippen LogP contribution in [0.2, 0.25) is 5.02 Å². The van der Waals surface area contributed by atoms with Crippen molar-refractivity contribution in [2.45, 2.75) is 0 Å². The summed E-state index contributed by atoms with van der Waals surface area (Å²) >= 11 is 5.93. The van der Waals surface area contributed by atoms with Gasteiger partial charge in [-0.15, -0.1) is 0 Å². The summed E-state index contributed by atoms with van der Waals surface area (Å²) in [5.41, 5.74) is 0.955. The second-order valence-corrected chi connectivity index (χ2v) is 2.82. The summed E-state index contributed by atoms with van der Waals surface area (Å²) in [6.07, 6.45) is 7.25. The van der Waals surface area contributed by atoms with Gasteiger partial charge in [0.25, 0.3) is 0 Å². The standard InChI is InChI=1S/C9H7ClN2/c10-8-7-11-4-3-9(8)12-5-1-2-6-12/h1-7H. The van der Waals surface area contributed by atoms with Crippen LogP contribution in [0, 0.1) is 0 Å². The molecule has 0 fully saturated rings. The van der Waals surface area contributed by atoms with Gasteiger partial charge in [-0.1, -0.05) is 11.6 Å². The Labute approximate surface area is 75.4 Å². The molecule has 0 unspecified atom stereocenters. The monoisotopic (exact) mass is 178 g/mol. The van der Waals surface area contributed by atoms with Gasteiger partial charge in [-0.05, 0) is 18.2 Å². The van der Waals surface area contributed by atoms with E-state index in [2.05, 4.69) is 4.98 Å².